The van der Waals surface area contributed by atoms with E-state index >= 15 is 0 Å². The van der Waals surface area contributed by atoms with E-state index in [-0.39, 0.29) is 6.04 Å². The maximum atomic E-state index is 4.10. The molecule has 1 heterocycles. The van der Waals surface area contributed by atoms with Crippen LogP contribution in [0.5, 0.6) is 0 Å². The molecule has 2 aromatic rings. The first-order chi connectivity index (χ1) is 8.36. The van der Waals surface area contributed by atoms with Gasteiger partial charge in [-0.05, 0) is 29.5 Å². The molecule has 0 radical (unpaired) electrons. The molecule has 0 aliphatic heterocycles. The van der Waals surface area contributed by atoms with E-state index in [4.69, 9.17) is 0 Å². The van der Waals surface area contributed by atoms with Crippen molar-refractivity contribution >= 4 is 0 Å². The minimum atomic E-state index is 0.203. The second kappa shape index (κ2) is 5.54. The van der Waals surface area contributed by atoms with Gasteiger partial charge in [0.1, 0.15) is 0 Å². The Labute approximate surface area is 101 Å². The molecule has 1 unspecified atom stereocenters. The van der Waals surface area contributed by atoms with Gasteiger partial charge in [-0.15, -0.1) is 5.10 Å². The molecule has 5 nitrogen and oxygen atoms in total. The largest absolute Gasteiger partial charge is 0.313 e. The first kappa shape index (κ1) is 11.7. The van der Waals surface area contributed by atoms with Crippen LogP contribution in [0.3, 0.4) is 0 Å². The highest BCUT2D eigenvalue weighted by molar-refractivity contribution is 5.19. The zero-order valence-corrected chi connectivity index (χ0v) is 10.2. The minimum absolute atomic E-state index is 0.203. The van der Waals surface area contributed by atoms with Gasteiger partial charge in [-0.25, -0.2) is 4.68 Å². The number of tetrazole rings is 1. The number of hydrogen-bond acceptors (Lipinski definition) is 4. The summed E-state index contributed by atoms with van der Waals surface area (Å²) in [6, 6.07) is 10.5. The Morgan fingerprint density at radius 1 is 1.29 bits per heavy atom. The highest BCUT2D eigenvalue weighted by Crippen LogP contribution is 2.21. The van der Waals surface area contributed by atoms with E-state index in [1.54, 1.807) is 0 Å². The van der Waals surface area contributed by atoms with E-state index in [1.165, 1.54) is 5.56 Å². The Hall–Kier alpha value is -1.75. The van der Waals surface area contributed by atoms with Crippen LogP contribution in [0.1, 0.15) is 30.8 Å². The molecule has 0 aliphatic carbocycles. The second-order valence-corrected chi connectivity index (χ2v) is 3.90. The summed E-state index contributed by atoms with van der Waals surface area (Å²) in [6.45, 7) is 2.82. The molecule has 1 aromatic heterocycles. The third-order valence-electron chi connectivity index (χ3n) is 2.76. The Balaban J connectivity index is 2.32. The standard InChI is InChI=1S/C12H17N5/c1-3-11(10-7-5-4-6-8-10)17-12(9-13-2)14-15-16-17/h4-8,11,13H,3,9H2,1-2H3. The molecule has 0 bridgehead atoms. The summed E-state index contributed by atoms with van der Waals surface area (Å²) in [5.41, 5.74) is 1.24. The van der Waals surface area contributed by atoms with Crippen LogP contribution in [0.25, 0.3) is 0 Å². The van der Waals surface area contributed by atoms with E-state index in [1.807, 2.05) is 29.9 Å². The van der Waals surface area contributed by atoms with Crippen molar-refractivity contribution in [1.29, 1.82) is 0 Å². The van der Waals surface area contributed by atoms with Crippen LogP contribution >= 0.6 is 0 Å². The quantitative estimate of drug-likeness (QED) is 0.845. The minimum Gasteiger partial charge on any atom is -0.313 e. The number of hydrogen-bond donors (Lipinski definition) is 1. The average Bonchev–Trinajstić information content (AvgIpc) is 2.81. The summed E-state index contributed by atoms with van der Waals surface area (Å²) in [5.74, 6) is 0.864. The van der Waals surface area contributed by atoms with Crippen LogP contribution in [0.4, 0.5) is 0 Å². The molecule has 90 valence electrons. The molecule has 1 N–H and O–H groups in total. The molecule has 1 atom stereocenters. The van der Waals surface area contributed by atoms with Crippen molar-refractivity contribution in [3.63, 3.8) is 0 Å². The summed E-state index contributed by atoms with van der Waals surface area (Å²) in [5, 5.41) is 15.0. The Morgan fingerprint density at radius 2 is 2.06 bits per heavy atom. The summed E-state index contributed by atoms with van der Waals surface area (Å²) >= 11 is 0. The van der Waals surface area contributed by atoms with Gasteiger partial charge >= 0.3 is 0 Å². The van der Waals surface area contributed by atoms with E-state index in [0.717, 1.165) is 12.2 Å². The molecular formula is C12H17N5. The fraction of sp³-hybridized carbons (Fsp3) is 0.417. The lowest BCUT2D eigenvalue weighted by atomic mass is 10.1. The smallest absolute Gasteiger partial charge is 0.165 e. The third kappa shape index (κ3) is 2.50. The number of nitrogens with zero attached hydrogens (tertiary/aromatic N) is 4. The highest BCUT2D eigenvalue weighted by Gasteiger charge is 2.16. The molecule has 1 aromatic carbocycles. The van der Waals surface area contributed by atoms with Crippen LogP contribution in [-0.2, 0) is 6.54 Å². The van der Waals surface area contributed by atoms with Gasteiger partial charge in [-0.1, -0.05) is 37.3 Å². The fourth-order valence-electron chi connectivity index (χ4n) is 1.95. The van der Waals surface area contributed by atoms with Crippen molar-refractivity contribution in [2.24, 2.45) is 0 Å². The molecule has 17 heavy (non-hydrogen) atoms. The van der Waals surface area contributed by atoms with Gasteiger partial charge in [-0.2, -0.15) is 0 Å². The van der Waals surface area contributed by atoms with E-state index in [0.29, 0.717) is 6.54 Å². The van der Waals surface area contributed by atoms with Gasteiger partial charge in [0.25, 0.3) is 0 Å². The van der Waals surface area contributed by atoms with Crippen LogP contribution in [0, 0.1) is 0 Å². The van der Waals surface area contributed by atoms with Crippen molar-refractivity contribution in [2.75, 3.05) is 7.05 Å². The maximum absolute atomic E-state index is 4.10. The number of benzene rings is 1. The fourth-order valence-corrected chi connectivity index (χ4v) is 1.95. The summed E-state index contributed by atoms with van der Waals surface area (Å²) in [4.78, 5) is 0. The van der Waals surface area contributed by atoms with E-state index < -0.39 is 0 Å². The second-order valence-electron chi connectivity index (χ2n) is 3.90. The van der Waals surface area contributed by atoms with Gasteiger partial charge in [0.05, 0.1) is 12.6 Å². The van der Waals surface area contributed by atoms with Crippen molar-refractivity contribution in [1.82, 2.24) is 25.5 Å². The Morgan fingerprint density at radius 3 is 2.71 bits per heavy atom. The van der Waals surface area contributed by atoms with Crippen LogP contribution in [0.15, 0.2) is 30.3 Å². The zero-order chi connectivity index (χ0) is 12.1. The molecule has 0 spiro atoms. The van der Waals surface area contributed by atoms with E-state index in [9.17, 15) is 0 Å². The molecule has 0 fully saturated rings. The van der Waals surface area contributed by atoms with Gasteiger partial charge in [0, 0.05) is 0 Å². The van der Waals surface area contributed by atoms with Crippen molar-refractivity contribution in [3.8, 4) is 0 Å². The van der Waals surface area contributed by atoms with Gasteiger partial charge in [-0.3, -0.25) is 0 Å². The molecule has 0 aliphatic rings. The van der Waals surface area contributed by atoms with Gasteiger partial charge < -0.3 is 5.32 Å². The summed E-state index contributed by atoms with van der Waals surface area (Å²) in [6.07, 6.45) is 0.964. The Kier molecular flexibility index (Phi) is 3.82. The van der Waals surface area contributed by atoms with Gasteiger partial charge in [0.15, 0.2) is 5.82 Å². The van der Waals surface area contributed by atoms with Crippen molar-refractivity contribution in [3.05, 3.63) is 41.7 Å². The lowest BCUT2D eigenvalue weighted by Crippen LogP contribution is -2.18. The molecular weight excluding hydrogens is 214 g/mol. The van der Waals surface area contributed by atoms with Crippen molar-refractivity contribution < 1.29 is 0 Å². The van der Waals surface area contributed by atoms with Crippen molar-refractivity contribution in [2.45, 2.75) is 25.9 Å². The number of nitrogens with one attached hydrogen (secondary N) is 1. The molecule has 0 saturated carbocycles. The lowest BCUT2D eigenvalue weighted by Gasteiger charge is -2.16. The van der Waals surface area contributed by atoms with Crippen LogP contribution < -0.4 is 5.32 Å². The first-order valence-electron chi connectivity index (χ1n) is 5.83. The topological polar surface area (TPSA) is 55.6 Å². The normalized spacial score (nSPS) is 12.6. The predicted molar refractivity (Wildman–Crippen MR) is 65.5 cm³/mol. The SMILES string of the molecule is CCC(c1ccccc1)n1nnnc1CNC. The first-order valence-corrected chi connectivity index (χ1v) is 5.83. The number of rotatable bonds is 5. The summed E-state index contributed by atoms with van der Waals surface area (Å²) in [7, 11) is 1.89. The summed E-state index contributed by atoms with van der Waals surface area (Å²) < 4.78 is 1.89. The molecule has 2 rings (SSSR count). The monoisotopic (exact) mass is 231 g/mol. The lowest BCUT2D eigenvalue weighted by molar-refractivity contribution is 0.470. The highest BCUT2D eigenvalue weighted by atomic mass is 15.6. The predicted octanol–water partition coefficient (Wildman–Crippen LogP) is 1.39. The number of aromatic nitrogens is 4. The maximum Gasteiger partial charge on any atom is 0.165 e. The molecule has 5 heteroatoms. The van der Waals surface area contributed by atoms with E-state index in [2.05, 4.69) is 39.9 Å². The molecule has 0 amide bonds. The van der Waals surface area contributed by atoms with Gasteiger partial charge in [0.2, 0.25) is 0 Å². The van der Waals surface area contributed by atoms with Crippen LogP contribution in [-0.4, -0.2) is 27.3 Å². The van der Waals surface area contributed by atoms with Crippen LogP contribution in [0.2, 0.25) is 0 Å². The average molecular weight is 231 g/mol. The zero-order valence-electron chi connectivity index (χ0n) is 10.2. The molecule has 0 saturated heterocycles. The third-order valence-corrected chi connectivity index (χ3v) is 2.76. The Bertz CT molecular complexity index is 451.